The zero-order chi connectivity index (χ0) is 12.0. The predicted molar refractivity (Wildman–Crippen MR) is 62.1 cm³/mol. The highest BCUT2D eigenvalue weighted by Crippen LogP contribution is 2.18. The first-order valence-corrected chi connectivity index (χ1v) is 6.18. The summed E-state index contributed by atoms with van der Waals surface area (Å²) in [6.45, 7) is 5.24. The molecule has 94 valence electrons. The van der Waals surface area contributed by atoms with Crippen LogP contribution in [-0.2, 0) is 9.53 Å². The number of rotatable bonds is 5. The van der Waals surface area contributed by atoms with Gasteiger partial charge in [-0.1, -0.05) is 13.8 Å². The Morgan fingerprint density at radius 3 is 2.62 bits per heavy atom. The lowest BCUT2D eigenvalue weighted by molar-refractivity contribution is -0.131. The van der Waals surface area contributed by atoms with Gasteiger partial charge in [-0.15, -0.1) is 0 Å². The number of hydrogen-bond acceptors (Lipinski definition) is 3. The lowest BCUT2D eigenvalue weighted by atomic mass is 9.92. The van der Waals surface area contributed by atoms with E-state index in [0.29, 0.717) is 6.61 Å². The van der Waals surface area contributed by atoms with E-state index in [1.807, 2.05) is 13.8 Å². The van der Waals surface area contributed by atoms with Crippen molar-refractivity contribution in [2.24, 2.45) is 5.92 Å². The summed E-state index contributed by atoms with van der Waals surface area (Å²) in [6, 6.07) is 0. The van der Waals surface area contributed by atoms with Gasteiger partial charge < -0.3 is 15.2 Å². The molecule has 1 aliphatic rings. The molecule has 0 spiro atoms. The molecule has 1 aliphatic heterocycles. The van der Waals surface area contributed by atoms with Crippen molar-refractivity contribution in [3.63, 3.8) is 0 Å². The van der Waals surface area contributed by atoms with Gasteiger partial charge in [-0.05, 0) is 25.7 Å². The molecule has 0 aromatic rings. The van der Waals surface area contributed by atoms with E-state index in [-0.39, 0.29) is 18.4 Å². The molecule has 1 fully saturated rings. The molecule has 2 N–H and O–H groups in total. The van der Waals surface area contributed by atoms with Crippen molar-refractivity contribution in [1.29, 1.82) is 0 Å². The maximum atomic E-state index is 12.0. The summed E-state index contributed by atoms with van der Waals surface area (Å²) in [5, 5.41) is 12.4. The van der Waals surface area contributed by atoms with Crippen LogP contribution in [0.25, 0.3) is 0 Å². The third kappa shape index (κ3) is 3.19. The van der Waals surface area contributed by atoms with Crippen LogP contribution in [0.2, 0.25) is 0 Å². The molecule has 0 aliphatic carbocycles. The highest BCUT2D eigenvalue weighted by atomic mass is 16.5. The molecule has 1 unspecified atom stereocenters. The Bertz CT molecular complexity index is 212. The molecule has 4 heteroatoms. The van der Waals surface area contributed by atoms with Gasteiger partial charge in [-0.2, -0.15) is 0 Å². The fraction of sp³-hybridized carbons (Fsp3) is 0.917. The van der Waals surface area contributed by atoms with Crippen LogP contribution in [0.4, 0.5) is 0 Å². The van der Waals surface area contributed by atoms with Crippen molar-refractivity contribution in [2.45, 2.75) is 45.1 Å². The fourth-order valence-corrected chi connectivity index (χ4v) is 2.00. The van der Waals surface area contributed by atoms with Gasteiger partial charge in [0.15, 0.2) is 0 Å². The van der Waals surface area contributed by atoms with E-state index in [9.17, 15) is 9.90 Å². The summed E-state index contributed by atoms with van der Waals surface area (Å²) >= 11 is 0. The van der Waals surface area contributed by atoms with E-state index >= 15 is 0 Å². The lowest BCUT2D eigenvalue weighted by Gasteiger charge is -2.33. The van der Waals surface area contributed by atoms with Crippen LogP contribution in [0, 0.1) is 5.92 Å². The maximum absolute atomic E-state index is 12.0. The van der Waals surface area contributed by atoms with Gasteiger partial charge in [0.1, 0.15) is 0 Å². The van der Waals surface area contributed by atoms with Gasteiger partial charge in [-0.25, -0.2) is 0 Å². The Kier molecular flexibility index (Phi) is 5.22. The molecule has 16 heavy (non-hydrogen) atoms. The minimum atomic E-state index is -0.450. The average molecular weight is 229 g/mol. The standard InChI is InChI=1S/C12H23NO3/c1-3-12(4-2,9-14)13-11(15)10-6-5-7-16-8-10/h10,14H,3-9H2,1-2H3,(H,13,15). The smallest absolute Gasteiger partial charge is 0.225 e. The number of amides is 1. The van der Waals surface area contributed by atoms with Crippen LogP contribution in [-0.4, -0.2) is 36.4 Å². The second-order valence-corrected chi connectivity index (χ2v) is 4.55. The zero-order valence-corrected chi connectivity index (χ0v) is 10.3. The number of hydrogen-bond donors (Lipinski definition) is 2. The summed E-state index contributed by atoms with van der Waals surface area (Å²) in [5.74, 6) is -0.0183. The molecule has 1 saturated heterocycles. The second kappa shape index (κ2) is 6.21. The largest absolute Gasteiger partial charge is 0.394 e. The Hall–Kier alpha value is -0.610. The van der Waals surface area contributed by atoms with Crippen LogP contribution in [0.15, 0.2) is 0 Å². The monoisotopic (exact) mass is 229 g/mol. The van der Waals surface area contributed by atoms with E-state index in [2.05, 4.69) is 5.32 Å². The highest BCUT2D eigenvalue weighted by Gasteiger charge is 2.31. The van der Waals surface area contributed by atoms with Crippen molar-refractivity contribution in [1.82, 2.24) is 5.32 Å². The van der Waals surface area contributed by atoms with E-state index < -0.39 is 5.54 Å². The van der Waals surface area contributed by atoms with E-state index in [0.717, 1.165) is 32.3 Å². The van der Waals surface area contributed by atoms with Crippen LogP contribution in [0.5, 0.6) is 0 Å². The van der Waals surface area contributed by atoms with Crippen molar-refractivity contribution in [3.8, 4) is 0 Å². The van der Waals surface area contributed by atoms with Crippen LogP contribution < -0.4 is 5.32 Å². The molecular formula is C12H23NO3. The quantitative estimate of drug-likeness (QED) is 0.741. The van der Waals surface area contributed by atoms with E-state index in [1.165, 1.54) is 0 Å². The van der Waals surface area contributed by atoms with Gasteiger partial charge in [0.05, 0.1) is 24.7 Å². The first-order chi connectivity index (χ1) is 7.67. The minimum Gasteiger partial charge on any atom is -0.394 e. The number of ether oxygens (including phenoxy) is 1. The zero-order valence-electron chi connectivity index (χ0n) is 10.3. The van der Waals surface area contributed by atoms with Crippen LogP contribution in [0.3, 0.4) is 0 Å². The first kappa shape index (κ1) is 13.5. The summed E-state index contributed by atoms with van der Waals surface area (Å²) in [4.78, 5) is 12.0. The lowest BCUT2D eigenvalue weighted by Crippen LogP contribution is -2.53. The molecule has 0 aromatic carbocycles. The SMILES string of the molecule is CCC(CC)(CO)NC(=O)C1CCCOC1. The van der Waals surface area contributed by atoms with Gasteiger partial charge in [-0.3, -0.25) is 4.79 Å². The number of nitrogens with one attached hydrogen (secondary N) is 1. The van der Waals surface area contributed by atoms with Crippen molar-refractivity contribution >= 4 is 5.91 Å². The highest BCUT2D eigenvalue weighted by molar-refractivity contribution is 5.79. The number of carbonyl (C=O) groups excluding carboxylic acids is 1. The molecule has 0 saturated carbocycles. The predicted octanol–water partition coefficient (Wildman–Crippen LogP) is 1.08. The number of carbonyl (C=O) groups is 1. The normalized spacial score (nSPS) is 21.8. The molecule has 4 nitrogen and oxygen atoms in total. The summed E-state index contributed by atoms with van der Waals surface area (Å²) in [5.41, 5.74) is -0.450. The molecular weight excluding hydrogens is 206 g/mol. The molecule has 1 amide bonds. The Labute approximate surface area is 97.4 Å². The Morgan fingerprint density at radius 1 is 1.50 bits per heavy atom. The Balaban J connectivity index is 2.53. The van der Waals surface area contributed by atoms with Crippen LogP contribution >= 0.6 is 0 Å². The fourth-order valence-electron chi connectivity index (χ4n) is 2.00. The maximum Gasteiger partial charge on any atom is 0.225 e. The molecule has 1 heterocycles. The van der Waals surface area contributed by atoms with Crippen molar-refractivity contribution in [2.75, 3.05) is 19.8 Å². The third-order valence-corrected chi connectivity index (χ3v) is 3.58. The van der Waals surface area contributed by atoms with Gasteiger partial charge >= 0.3 is 0 Å². The third-order valence-electron chi connectivity index (χ3n) is 3.58. The average Bonchev–Trinajstić information content (AvgIpc) is 2.37. The summed E-state index contributed by atoms with van der Waals surface area (Å²) in [6.07, 6.45) is 3.34. The summed E-state index contributed by atoms with van der Waals surface area (Å²) in [7, 11) is 0. The van der Waals surface area contributed by atoms with Gasteiger partial charge in [0.2, 0.25) is 5.91 Å². The Morgan fingerprint density at radius 2 is 2.19 bits per heavy atom. The van der Waals surface area contributed by atoms with E-state index in [4.69, 9.17) is 4.74 Å². The summed E-state index contributed by atoms with van der Waals surface area (Å²) < 4.78 is 5.30. The second-order valence-electron chi connectivity index (χ2n) is 4.55. The van der Waals surface area contributed by atoms with Gasteiger partial charge in [0, 0.05) is 6.61 Å². The number of aliphatic hydroxyl groups is 1. The molecule has 0 aromatic heterocycles. The van der Waals surface area contributed by atoms with E-state index in [1.54, 1.807) is 0 Å². The number of aliphatic hydroxyl groups excluding tert-OH is 1. The van der Waals surface area contributed by atoms with Crippen molar-refractivity contribution in [3.05, 3.63) is 0 Å². The first-order valence-electron chi connectivity index (χ1n) is 6.18. The molecule has 0 radical (unpaired) electrons. The van der Waals surface area contributed by atoms with Crippen LogP contribution in [0.1, 0.15) is 39.5 Å². The molecule has 1 atom stereocenters. The molecule has 0 bridgehead atoms. The minimum absolute atomic E-state index is 0.000677. The van der Waals surface area contributed by atoms with Gasteiger partial charge in [0.25, 0.3) is 0 Å². The topological polar surface area (TPSA) is 58.6 Å². The van der Waals surface area contributed by atoms with Crippen molar-refractivity contribution < 1.29 is 14.6 Å². The molecule has 1 rings (SSSR count).